The number of ether oxygens (including phenoxy) is 1. The maximum absolute atomic E-state index is 10.7. The molecule has 4 nitrogen and oxygen atoms in total. The largest absolute Gasteiger partial charge is 0.495 e. The number of carbonyl (C=O) groups is 1. The lowest BCUT2D eigenvalue weighted by atomic mass is 10.2. The van der Waals surface area contributed by atoms with Crippen LogP contribution in [0.5, 0.6) is 5.75 Å². The molecular formula is C11H14ClNO3. The number of likely N-dealkylation sites (N-methyl/N-ethyl adjacent to an activating group) is 1. The first kappa shape index (κ1) is 12.6. The molecule has 0 bridgehead atoms. The fourth-order valence-corrected chi connectivity index (χ4v) is 1.61. The molecule has 0 saturated heterocycles. The number of hydrogen-bond donors (Lipinski definition) is 1. The van der Waals surface area contributed by atoms with Crippen molar-refractivity contribution in [2.45, 2.75) is 6.92 Å². The minimum Gasteiger partial charge on any atom is -0.495 e. The first-order valence-corrected chi connectivity index (χ1v) is 5.26. The van der Waals surface area contributed by atoms with Crippen LogP contribution in [-0.4, -0.2) is 31.3 Å². The van der Waals surface area contributed by atoms with Crippen molar-refractivity contribution in [1.82, 2.24) is 0 Å². The summed E-state index contributed by atoms with van der Waals surface area (Å²) in [5.41, 5.74) is 0.694. The highest BCUT2D eigenvalue weighted by molar-refractivity contribution is 6.30. The number of methoxy groups -OCH3 is 1. The van der Waals surface area contributed by atoms with E-state index in [4.69, 9.17) is 21.4 Å². The number of hydrogen-bond acceptors (Lipinski definition) is 3. The van der Waals surface area contributed by atoms with Crippen molar-refractivity contribution in [3.63, 3.8) is 0 Å². The highest BCUT2D eigenvalue weighted by atomic mass is 35.5. The van der Waals surface area contributed by atoms with Crippen LogP contribution < -0.4 is 9.64 Å². The predicted octanol–water partition coefficient (Wildman–Crippen LogP) is 2.26. The molecule has 0 heterocycles. The molecule has 0 unspecified atom stereocenters. The molecule has 0 atom stereocenters. The first-order valence-electron chi connectivity index (χ1n) is 4.88. The molecule has 0 aliphatic rings. The van der Waals surface area contributed by atoms with Gasteiger partial charge in [0, 0.05) is 11.6 Å². The number of halogens is 1. The van der Waals surface area contributed by atoms with Gasteiger partial charge in [-0.3, -0.25) is 4.79 Å². The van der Waals surface area contributed by atoms with Crippen LogP contribution in [0, 0.1) is 0 Å². The molecule has 88 valence electrons. The van der Waals surface area contributed by atoms with E-state index in [1.165, 1.54) is 0 Å². The van der Waals surface area contributed by atoms with Gasteiger partial charge in [-0.15, -0.1) is 0 Å². The Morgan fingerprint density at radius 2 is 2.25 bits per heavy atom. The highest BCUT2D eigenvalue weighted by Gasteiger charge is 2.13. The molecule has 0 fully saturated rings. The van der Waals surface area contributed by atoms with Gasteiger partial charge in [0.2, 0.25) is 0 Å². The molecule has 16 heavy (non-hydrogen) atoms. The minimum atomic E-state index is -0.885. The van der Waals surface area contributed by atoms with E-state index in [1.54, 1.807) is 30.2 Å². The van der Waals surface area contributed by atoms with Gasteiger partial charge in [0.15, 0.2) is 0 Å². The Kier molecular flexibility index (Phi) is 4.43. The Bertz CT molecular complexity index is 381. The van der Waals surface area contributed by atoms with Gasteiger partial charge in [-0.1, -0.05) is 11.6 Å². The van der Waals surface area contributed by atoms with Crippen LogP contribution in [-0.2, 0) is 4.79 Å². The molecule has 1 aromatic rings. The number of nitrogens with zero attached hydrogens (tertiary/aromatic N) is 1. The molecule has 0 aliphatic carbocycles. The van der Waals surface area contributed by atoms with E-state index in [9.17, 15) is 4.79 Å². The molecule has 0 radical (unpaired) electrons. The zero-order chi connectivity index (χ0) is 12.1. The molecule has 0 amide bonds. The Morgan fingerprint density at radius 1 is 1.56 bits per heavy atom. The van der Waals surface area contributed by atoms with Crippen molar-refractivity contribution in [2.24, 2.45) is 0 Å². The summed E-state index contributed by atoms with van der Waals surface area (Å²) < 4.78 is 5.17. The van der Waals surface area contributed by atoms with Crippen molar-refractivity contribution in [2.75, 3.05) is 25.1 Å². The van der Waals surface area contributed by atoms with Crippen LogP contribution in [0.15, 0.2) is 18.2 Å². The second kappa shape index (κ2) is 5.61. The van der Waals surface area contributed by atoms with E-state index < -0.39 is 5.97 Å². The maximum Gasteiger partial charge on any atom is 0.323 e. The fourth-order valence-electron chi connectivity index (χ4n) is 1.44. The lowest BCUT2D eigenvalue weighted by molar-refractivity contribution is -0.135. The predicted molar refractivity (Wildman–Crippen MR) is 63.5 cm³/mol. The van der Waals surface area contributed by atoms with Crippen molar-refractivity contribution < 1.29 is 14.6 Å². The second-order valence-corrected chi connectivity index (χ2v) is 3.66. The standard InChI is InChI=1S/C11H14ClNO3/c1-3-13(7-11(14)15)9-6-8(12)4-5-10(9)16-2/h4-6H,3,7H2,1-2H3,(H,14,15). The zero-order valence-electron chi connectivity index (χ0n) is 9.24. The second-order valence-electron chi connectivity index (χ2n) is 3.22. The Balaban J connectivity index is 3.06. The molecule has 0 saturated carbocycles. The summed E-state index contributed by atoms with van der Waals surface area (Å²) in [4.78, 5) is 12.4. The van der Waals surface area contributed by atoms with Crippen LogP contribution in [0.25, 0.3) is 0 Å². The Hall–Kier alpha value is -1.42. The lowest BCUT2D eigenvalue weighted by Gasteiger charge is -2.23. The smallest absolute Gasteiger partial charge is 0.323 e. The van der Waals surface area contributed by atoms with Crippen molar-refractivity contribution >= 4 is 23.3 Å². The molecule has 1 rings (SSSR count). The molecule has 0 aliphatic heterocycles. The van der Waals surface area contributed by atoms with Gasteiger partial charge in [0.25, 0.3) is 0 Å². The monoisotopic (exact) mass is 243 g/mol. The summed E-state index contributed by atoms with van der Waals surface area (Å²) in [5.74, 6) is -0.267. The summed E-state index contributed by atoms with van der Waals surface area (Å²) in [6, 6.07) is 5.13. The van der Waals surface area contributed by atoms with Gasteiger partial charge in [-0.05, 0) is 25.1 Å². The van der Waals surface area contributed by atoms with Gasteiger partial charge < -0.3 is 14.7 Å². The summed E-state index contributed by atoms with van der Waals surface area (Å²) in [7, 11) is 1.54. The third kappa shape index (κ3) is 3.03. The van der Waals surface area contributed by atoms with Gasteiger partial charge in [-0.25, -0.2) is 0 Å². The summed E-state index contributed by atoms with van der Waals surface area (Å²) in [6.07, 6.45) is 0. The van der Waals surface area contributed by atoms with Crippen LogP contribution in [0.2, 0.25) is 5.02 Å². The van der Waals surface area contributed by atoms with Gasteiger partial charge in [-0.2, -0.15) is 0 Å². The summed E-state index contributed by atoms with van der Waals surface area (Å²) in [5, 5.41) is 9.35. The number of carboxylic acids is 1. The van der Waals surface area contributed by atoms with E-state index >= 15 is 0 Å². The third-order valence-corrected chi connectivity index (χ3v) is 2.42. The maximum atomic E-state index is 10.7. The average molecular weight is 244 g/mol. The van der Waals surface area contributed by atoms with Crippen LogP contribution >= 0.6 is 11.6 Å². The summed E-state index contributed by atoms with van der Waals surface area (Å²) in [6.45, 7) is 2.37. The van der Waals surface area contributed by atoms with E-state index in [2.05, 4.69) is 0 Å². The van der Waals surface area contributed by atoms with Crippen LogP contribution in [0.3, 0.4) is 0 Å². The number of rotatable bonds is 5. The molecule has 5 heteroatoms. The highest BCUT2D eigenvalue weighted by Crippen LogP contribution is 2.30. The minimum absolute atomic E-state index is 0.0762. The van der Waals surface area contributed by atoms with E-state index in [0.717, 1.165) is 0 Å². The SMILES string of the molecule is CCN(CC(=O)O)c1cc(Cl)ccc1OC. The van der Waals surface area contributed by atoms with Gasteiger partial charge in [0.05, 0.1) is 12.8 Å². The van der Waals surface area contributed by atoms with E-state index in [-0.39, 0.29) is 6.54 Å². The number of anilines is 1. The van der Waals surface area contributed by atoms with Crippen molar-refractivity contribution in [3.05, 3.63) is 23.2 Å². The van der Waals surface area contributed by atoms with E-state index in [1.807, 2.05) is 6.92 Å². The van der Waals surface area contributed by atoms with Crippen molar-refractivity contribution in [3.8, 4) is 5.75 Å². The molecule has 0 aromatic heterocycles. The quantitative estimate of drug-likeness (QED) is 0.862. The molecular weight excluding hydrogens is 230 g/mol. The number of aliphatic carboxylic acids is 1. The average Bonchev–Trinajstić information content (AvgIpc) is 2.25. The molecule has 1 aromatic carbocycles. The fraction of sp³-hybridized carbons (Fsp3) is 0.364. The zero-order valence-corrected chi connectivity index (χ0v) is 9.99. The Morgan fingerprint density at radius 3 is 2.75 bits per heavy atom. The lowest BCUT2D eigenvalue weighted by Crippen LogP contribution is -2.29. The van der Waals surface area contributed by atoms with Crippen molar-refractivity contribution in [1.29, 1.82) is 0 Å². The third-order valence-electron chi connectivity index (χ3n) is 2.19. The summed E-state index contributed by atoms with van der Waals surface area (Å²) >= 11 is 5.88. The molecule has 1 N–H and O–H groups in total. The van der Waals surface area contributed by atoms with E-state index in [0.29, 0.717) is 23.0 Å². The van der Waals surface area contributed by atoms with Gasteiger partial charge >= 0.3 is 5.97 Å². The van der Waals surface area contributed by atoms with Gasteiger partial charge in [0.1, 0.15) is 12.3 Å². The topological polar surface area (TPSA) is 49.8 Å². The van der Waals surface area contributed by atoms with Crippen LogP contribution in [0.1, 0.15) is 6.92 Å². The number of carboxylic acid groups (broad SMARTS) is 1. The van der Waals surface area contributed by atoms with Crippen LogP contribution in [0.4, 0.5) is 5.69 Å². The number of benzene rings is 1. The normalized spacial score (nSPS) is 9.94. The first-order chi connectivity index (χ1) is 7.58. The Labute approximate surface area is 99.4 Å². The molecule has 0 spiro atoms.